The summed E-state index contributed by atoms with van der Waals surface area (Å²) in [5, 5.41) is 3.60. The van der Waals surface area contributed by atoms with E-state index in [9.17, 15) is 4.79 Å². The van der Waals surface area contributed by atoms with Gasteiger partial charge in [-0.15, -0.1) is 11.3 Å². The van der Waals surface area contributed by atoms with Crippen LogP contribution in [0.3, 0.4) is 0 Å². The topological polar surface area (TPSA) is 51.2 Å². The Morgan fingerprint density at radius 2 is 1.77 bits per heavy atom. The van der Waals surface area contributed by atoms with Crippen molar-refractivity contribution in [3.05, 3.63) is 63.4 Å². The van der Waals surface area contributed by atoms with Gasteiger partial charge in [-0.25, -0.2) is 4.98 Å². The Bertz CT molecular complexity index is 1010. The van der Waals surface area contributed by atoms with Crippen LogP contribution in [0.2, 0.25) is 0 Å². The number of anilines is 1. The number of nitrogens with one attached hydrogen (secondary N) is 1. The third-order valence-corrected chi connectivity index (χ3v) is 6.56. The highest BCUT2D eigenvalue weighted by Crippen LogP contribution is 2.32. The van der Waals surface area contributed by atoms with E-state index >= 15 is 0 Å². The molecule has 0 saturated carbocycles. The van der Waals surface area contributed by atoms with Gasteiger partial charge in [0.05, 0.1) is 12.3 Å². The lowest BCUT2D eigenvalue weighted by Gasteiger charge is -2.19. The second-order valence-electron chi connectivity index (χ2n) is 8.43. The van der Waals surface area contributed by atoms with E-state index in [0.29, 0.717) is 24.6 Å². The molecule has 0 spiro atoms. The summed E-state index contributed by atoms with van der Waals surface area (Å²) in [6.07, 6.45) is 1.92. The summed E-state index contributed by atoms with van der Waals surface area (Å²) in [4.78, 5) is 18.2. The Labute approximate surface area is 197 Å². The number of hydrogen-bond donors (Lipinski definition) is 1. The number of nitrogens with zero attached hydrogens (tertiary/aromatic N) is 1. The van der Waals surface area contributed by atoms with Gasteiger partial charge in [-0.05, 0) is 48.1 Å². The summed E-state index contributed by atoms with van der Waals surface area (Å²) >= 11 is 5.00. The molecule has 0 unspecified atom stereocenters. The number of aryl methyl sites for hydroxylation is 1. The van der Waals surface area contributed by atoms with Crippen LogP contribution in [0.5, 0.6) is 5.75 Å². The maximum atomic E-state index is 12.4. The molecule has 0 aliphatic heterocycles. The lowest BCUT2D eigenvalue weighted by atomic mass is 9.87. The van der Waals surface area contributed by atoms with Crippen LogP contribution >= 0.6 is 27.3 Å². The van der Waals surface area contributed by atoms with Crippen LogP contribution < -0.4 is 10.1 Å². The van der Waals surface area contributed by atoms with Crippen LogP contribution in [-0.2, 0) is 16.6 Å². The molecule has 164 valence electrons. The van der Waals surface area contributed by atoms with Crippen LogP contribution in [0.1, 0.15) is 51.0 Å². The SMILES string of the molecule is CCc1sc(NC(=O)CCCOc2ccc(C(C)(C)C)cc2)nc1-c1ccc(Br)cc1. The average molecular weight is 501 g/mol. The smallest absolute Gasteiger partial charge is 0.226 e. The van der Waals surface area contributed by atoms with E-state index in [4.69, 9.17) is 4.74 Å². The molecule has 1 amide bonds. The van der Waals surface area contributed by atoms with Gasteiger partial charge in [0, 0.05) is 21.3 Å². The minimum atomic E-state index is -0.0366. The molecule has 31 heavy (non-hydrogen) atoms. The van der Waals surface area contributed by atoms with Crippen LogP contribution in [-0.4, -0.2) is 17.5 Å². The Morgan fingerprint density at radius 1 is 1.10 bits per heavy atom. The number of thiazole rings is 1. The van der Waals surface area contributed by atoms with Gasteiger partial charge in [-0.2, -0.15) is 0 Å². The van der Waals surface area contributed by atoms with Gasteiger partial charge >= 0.3 is 0 Å². The standard InChI is InChI=1S/C25H29BrN2O2S/c1-5-21-23(17-8-12-19(26)13-9-17)28-24(31-21)27-22(29)7-6-16-30-20-14-10-18(11-15-20)25(2,3)4/h8-15H,5-7,16H2,1-4H3,(H,27,28,29). The summed E-state index contributed by atoms with van der Waals surface area (Å²) < 4.78 is 6.82. The monoisotopic (exact) mass is 500 g/mol. The average Bonchev–Trinajstić information content (AvgIpc) is 3.14. The molecule has 6 heteroatoms. The quantitative estimate of drug-likeness (QED) is 0.331. The molecular formula is C25H29BrN2O2S. The second kappa shape index (κ2) is 10.4. The molecule has 0 saturated heterocycles. The highest BCUT2D eigenvalue weighted by Gasteiger charge is 2.14. The molecule has 0 radical (unpaired) electrons. The zero-order valence-electron chi connectivity index (χ0n) is 18.5. The molecular weight excluding hydrogens is 472 g/mol. The van der Waals surface area contributed by atoms with Crippen LogP contribution in [0.25, 0.3) is 11.3 Å². The molecule has 4 nitrogen and oxygen atoms in total. The van der Waals surface area contributed by atoms with Crippen molar-refractivity contribution in [3.8, 4) is 17.0 Å². The molecule has 0 aliphatic rings. The maximum Gasteiger partial charge on any atom is 0.226 e. The number of rotatable bonds is 8. The molecule has 0 bridgehead atoms. The first-order valence-electron chi connectivity index (χ1n) is 10.5. The van der Waals surface area contributed by atoms with Crippen molar-refractivity contribution in [2.45, 2.75) is 52.4 Å². The van der Waals surface area contributed by atoms with Crippen molar-refractivity contribution in [1.29, 1.82) is 0 Å². The molecule has 1 aromatic heterocycles. The largest absolute Gasteiger partial charge is 0.494 e. The molecule has 1 heterocycles. The van der Waals surface area contributed by atoms with E-state index in [1.54, 1.807) is 11.3 Å². The Morgan fingerprint density at radius 3 is 2.39 bits per heavy atom. The number of hydrogen-bond acceptors (Lipinski definition) is 4. The fourth-order valence-corrected chi connectivity index (χ4v) is 4.34. The maximum absolute atomic E-state index is 12.4. The second-order valence-corrected chi connectivity index (χ2v) is 10.4. The summed E-state index contributed by atoms with van der Waals surface area (Å²) in [6, 6.07) is 16.3. The molecule has 0 atom stereocenters. The first-order chi connectivity index (χ1) is 14.8. The predicted molar refractivity (Wildman–Crippen MR) is 133 cm³/mol. The van der Waals surface area contributed by atoms with E-state index < -0.39 is 0 Å². The van der Waals surface area contributed by atoms with Crippen molar-refractivity contribution in [3.63, 3.8) is 0 Å². The van der Waals surface area contributed by atoms with Crippen molar-refractivity contribution in [2.75, 3.05) is 11.9 Å². The first-order valence-corrected chi connectivity index (χ1v) is 12.2. The zero-order chi connectivity index (χ0) is 22.4. The van der Waals surface area contributed by atoms with Crippen molar-refractivity contribution >= 4 is 38.3 Å². The Balaban J connectivity index is 1.49. The van der Waals surface area contributed by atoms with Crippen LogP contribution in [0, 0.1) is 0 Å². The van der Waals surface area contributed by atoms with Crippen molar-refractivity contribution in [1.82, 2.24) is 4.98 Å². The molecule has 0 aliphatic carbocycles. The number of halogens is 1. The van der Waals surface area contributed by atoms with Gasteiger partial charge in [-0.3, -0.25) is 4.79 Å². The minimum absolute atomic E-state index is 0.0366. The van der Waals surface area contributed by atoms with E-state index in [2.05, 4.69) is 66.1 Å². The normalized spacial score (nSPS) is 11.4. The Kier molecular flexibility index (Phi) is 7.89. The lowest BCUT2D eigenvalue weighted by molar-refractivity contribution is -0.116. The first kappa shape index (κ1) is 23.5. The number of amides is 1. The summed E-state index contributed by atoms with van der Waals surface area (Å²) in [7, 11) is 0. The molecule has 1 N–H and O–H groups in total. The minimum Gasteiger partial charge on any atom is -0.494 e. The fraction of sp³-hybridized carbons (Fsp3) is 0.360. The third kappa shape index (κ3) is 6.65. The number of carbonyl (C=O) groups is 1. The Hall–Kier alpha value is -2.18. The summed E-state index contributed by atoms with van der Waals surface area (Å²) in [5.74, 6) is 0.797. The van der Waals surface area contributed by atoms with E-state index in [-0.39, 0.29) is 11.3 Å². The summed E-state index contributed by atoms with van der Waals surface area (Å²) in [5.41, 5.74) is 3.40. The van der Waals surface area contributed by atoms with Crippen LogP contribution in [0.15, 0.2) is 53.0 Å². The van der Waals surface area contributed by atoms with Gasteiger partial charge in [0.1, 0.15) is 5.75 Å². The highest BCUT2D eigenvalue weighted by molar-refractivity contribution is 9.10. The van der Waals surface area contributed by atoms with E-state index in [0.717, 1.165) is 27.9 Å². The van der Waals surface area contributed by atoms with Gasteiger partial charge in [-0.1, -0.05) is 67.9 Å². The zero-order valence-corrected chi connectivity index (χ0v) is 20.9. The molecule has 0 fully saturated rings. The van der Waals surface area contributed by atoms with Gasteiger partial charge < -0.3 is 10.1 Å². The van der Waals surface area contributed by atoms with Crippen molar-refractivity contribution in [2.24, 2.45) is 0 Å². The number of ether oxygens (including phenoxy) is 1. The van der Waals surface area contributed by atoms with Crippen molar-refractivity contribution < 1.29 is 9.53 Å². The van der Waals surface area contributed by atoms with Crippen LogP contribution in [0.4, 0.5) is 5.13 Å². The molecule has 3 rings (SSSR count). The summed E-state index contributed by atoms with van der Waals surface area (Å²) in [6.45, 7) is 9.18. The number of aromatic nitrogens is 1. The lowest BCUT2D eigenvalue weighted by Crippen LogP contribution is -2.13. The van der Waals surface area contributed by atoms with Gasteiger partial charge in [0.15, 0.2) is 5.13 Å². The van der Waals surface area contributed by atoms with Gasteiger partial charge in [0.2, 0.25) is 5.91 Å². The highest BCUT2D eigenvalue weighted by atomic mass is 79.9. The fourth-order valence-electron chi connectivity index (χ4n) is 3.13. The molecule has 3 aromatic rings. The number of benzene rings is 2. The number of carbonyl (C=O) groups excluding carboxylic acids is 1. The molecule has 2 aromatic carbocycles. The third-order valence-electron chi connectivity index (χ3n) is 4.92. The van der Waals surface area contributed by atoms with Gasteiger partial charge in [0.25, 0.3) is 0 Å². The predicted octanol–water partition coefficient (Wildman–Crippen LogP) is 7.23. The van der Waals surface area contributed by atoms with E-state index in [1.165, 1.54) is 10.4 Å². The van der Waals surface area contributed by atoms with E-state index in [1.807, 2.05) is 36.4 Å².